The van der Waals surface area contributed by atoms with Crippen molar-refractivity contribution in [1.82, 2.24) is 10.5 Å². The van der Waals surface area contributed by atoms with Crippen LogP contribution in [0.2, 0.25) is 0 Å². The summed E-state index contributed by atoms with van der Waals surface area (Å²) in [6.45, 7) is 4.01. The van der Waals surface area contributed by atoms with Crippen molar-refractivity contribution in [2.24, 2.45) is 5.73 Å². The molecule has 0 aliphatic rings. The number of nitrogens with two attached hydrogens (primary N) is 1. The Morgan fingerprint density at radius 2 is 2.25 bits per heavy atom. The van der Waals surface area contributed by atoms with Crippen LogP contribution >= 0.6 is 0 Å². The molecule has 0 spiro atoms. The van der Waals surface area contributed by atoms with Crippen LogP contribution in [0.5, 0.6) is 0 Å². The zero-order valence-electron chi connectivity index (χ0n) is 11.5. The number of benzene rings is 1. The Kier molecular flexibility index (Phi) is 4.37. The van der Waals surface area contributed by atoms with Crippen molar-refractivity contribution in [3.8, 4) is 0 Å². The molecule has 106 valence electrons. The van der Waals surface area contributed by atoms with E-state index in [0.717, 1.165) is 5.56 Å². The molecular formula is C14H18N4O2. The lowest BCUT2D eigenvalue weighted by Crippen LogP contribution is -2.28. The summed E-state index contributed by atoms with van der Waals surface area (Å²) in [7, 11) is 0. The molecule has 1 atom stereocenters. The molecule has 2 rings (SSSR count). The molecule has 4 N–H and O–H groups in total. The number of nitrogens with zero attached hydrogens (tertiary/aromatic N) is 1. The number of aryl methyl sites for hydroxylation is 1. The number of carbonyl (C=O) groups is 1. The monoisotopic (exact) mass is 274 g/mol. The first kappa shape index (κ1) is 14.1. The molecule has 1 aromatic heterocycles. The molecule has 0 aliphatic carbocycles. The SMILES string of the molecule is Cc1cc(CNC(=O)Nc2cccc(C(C)N)c2)no1. The molecule has 0 radical (unpaired) electrons. The molecule has 2 aromatic rings. The standard InChI is InChI=1S/C14H18N4O2/c1-9-6-13(18-20-9)8-16-14(19)17-12-5-3-4-11(7-12)10(2)15/h3-7,10H,8,15H2,1-2H3,(H2,16,17,19). The summed E-state index contributed by atoms with van der Waals surface area (Å²) in [6, 6.07) is 8.85. The van der Waals surface area contributed by atoms with Gasteiger partial charge in [-0.1, -0.05) is 17.3 Å². The summed E-state index contributed by atoms with van der Waals surface area (Å²) >= 11 is 0. The van der Waals surface area contributed by atoms with Crippen LogP contribution in [0.4, 0.5) is 10.5 Å². The molecule has 2 amide bonds. The summed E-state index contributed by atoms with van der Waals surface area (Å²) in [5.74, 6) is 0.715. The molecular weight excluding hydrogens is 256 g/mol. The highest BCUT2D eigenvalue weighted by atomic mass is 16.5. The fourth-order valence-electron chi connectivity index (χ4n) is 1.75. The zero-order chi connectivity index (χ0) is 14.5. The Bertz CT molecular complexity index is 592. The van der Waals surface area contributed by atoms with E-state index in [2.05, 4.69) is 15.8 Å². The van der Waals surface area contributed by atoms with Crippen LogP contribution in [0.3, 0.4) is 0 Å². The van der Waals surface area contributed by atoms with Gasteiger partial charge >= 0.3 is 6.03 Å². The van der Waals surface area contributed by atoms with Crippen molar-refractivity contribution < 1.29 is 9.32 Å². The third kappa shape index (κ3) is 3.83. The van der Waals surface area contributed by atoms with Gasteiger partial charge in [0, 0.05) is 17.8 Å². The maximum absolute atomic E-state index is 11.8. The van der Waals surface area contributed by atoms with Crippen LogP contribution < -0.4 is 16.4 Å². The average Bonchev–Trinajstić information content (AvgIpc) is 2.82. The number of aromatic nitrogens is 1. The second-order valence-corrected chi connectivity index (χ2v) is 4.65. The van der Waals surface area contributed by atoms with Gasteiger partial charge in [0.1, 0.15) is 11.5 Å². The van der Waals surface area contributed by atoms with Crippen molar-refractivity contribution in [3.05, 3.63) is 47.3 Å². The lowest BCUT2D eigenvalue weighted by molar-refractivity contribution is 0.251. The minimum atomic E-state index is -0.299. The van der Waals surface area contributed by atoms with Crippen molar-refractivity contribution in [3.63, 3.8) is 0 Å². The van der Waals surface area contributed by atoms with Gasteiger partial charge in [-0.05, 0) is 31.5 Å². The van der Waals surface area contributed by atoms with Crippen molar-refractivity contribution in [1.29, 1.82) is 0 Å². The summed E-state index contributed by atoms with van der Waals surface area (Å²) in [5, 5.41) is 9.25. The maximum atomic E-state index is 11.8. The number of anilines is 1. The first-order chi connectivity index (χ1) is 9.54. The second-order valence-electron chi connectivity index (χ2n) is 4.65. The smallest absolute Gasteiger partial charge is 0.319 e. The predicted octanol–water partition coefficient (Wildman–Crippen LogP) is 2.32. The molecule has 0 aliphatic heterocycles. The molecule has 1 heterocycles. The van der Waals surface area contributed by atoms with E-state index in [1.54, 1.807) is 13.0 Å². The first-order valence-electron chi connectivity index (χ1n) is 6.37. The fraction of sp³-hybridized carbons (Fsp3) is 0.286. The molecule has 0 saturated heterocycles. The predicted molar refractivity (Wildman–Crippen MR) is 76.1 cm³/mol. The number of rotatable bonds is 4. The van der Waals surface area contributed by atoms with Crippen LogP contribution in [-0.2, 0) is 6.54 Å². The number of nitrogens with one attached hydrogen (secondary N) is 2. The fourth-order valence-corrected chi connectivity index (χ4v) is 1.75. The van der Waals surface area contributed by atoms with E-state index >= 15 is 0 Å². The van der Waals surface area contributed by atoms with E-state index in [-0.39, 0.29) is 12.1 Å². The lowest BCUT2D eigenvalue weighted by atomic mass is 10.1. The Hall–Kier alpha value is -2.34. The third-order valence-electron chi connectivity index (χ3n) is 2.78. The molecule has 1 aromatic carbocycles. The normalized spacial score (nSPS) is 11.9. The Morgan fingerprint density at radius 3 is 2.90 bits per heavy atom. The zero-order valence-corrected chi connectivity index (χ0v) is 11.5. The summed E-state index contributed by atoms with van der Waals surface area (Å²) in [4.78, 5) is 11.8. The molecule has 0 bridgehead atoms. The number of amides is 2. The van der Waals surface area contributed by atoms with Gasteiger partial charge < -0.3 is 20.9 Å². The van der Waals surface area contributed by atoms with Gasteiger partial charge in [-0.15, -0.1) is 0 Å². The Balaban J connectivity index is 1.89. The van der Waals surface area contributed by atoms with Crippen LogP contribution in [0.25, 0.3) is 0 Å². The van der Waals surface area contributed by atoms with E-state index in [1.807, 2.05) is 31.2 Å². The Morgan fingerprint density at radius 1 is 1.45 bits per heavy atom. The van der Waals surface area contributed by atoms with Gasteiger partial charge in [-0.3, -0.25) is 0 Å². The molecule has 0 saturated carbocycles. The summed E-state index contributed by atoms with van der Waals surface area (Å²) in [6.07, 6.45) is 0. The van der Waals surface area contributed by atoms with E-state index in [4.69, 9.17) is 10.3 Å². The molecule has 0 fully saturated rings. The minimum Gasteiger partial charge on any atom is -0.361 e. The van der Waals surface area contributed by atoms with Gasteiger partial charge in [-0.2, -0.15) is 0 Å². The van der Waals surface area contributed by atoms with Crippen LogP contribution in [-0.4, -0.2) is 11.2 Å². The molecule has 6 nitrogen and oxygen atoms in total. The summed E-state index contributed by atoms with van der Waals surface area (Å²) in [5.41, 5.74) is 8.16. The highest BCUT2D eigenvalue weighted by Gasteiger charge is 2.06. The van der Waals surface area contributed by atoms with E-state index in [1.165, 1.54) is 0 Å². The average molecular weight is 274 g/mol. The molecule has 20 heavy (non-hydrogen) atoms. The van der Waals surface area contributed by atoms with Crippen molar-refractivity contribution in [2.75, 3.05) is 5.32 Å². The highest BCUT2D eigenvalue weighted by molar-refractivity contribution is 5.89. The minimum absolute atomic E-state index is 0.0714. The highest BCUT2D eigenvalue weighted by Crippen LogP contribution is 2.15. The maximum Gasteiger partial charge on any atom is 0.319 e. The number of urea groups is 1. The topological polar surface area (TPSA) is 93.2 Å². The van der Waals surface area contributed by atoms with Gasteiger partial charge in [0.15, 0.2) is 0 Å². The van der Waals surface area contributed by atoms with Gasteiger partial charge in [0.25, 0.3) is 0 Å². The van der Waals surface area contributed by atoms with Crippen molar-refractivity contribution in [2.45, 2.75) is 26.4 Å². The van der Waals surface area contributed by atoms with Crippen LogP contribution in [0, 0.1) is 6.92 Å². The molecule has 1 unspecified atom stereocenters. The van der Waals surface area contributed by atoms with Gasteiger partial charge in [0.05, 0.1) is 6.54 Å². The third-order valence-corrected chi connectivity index (χ3v) is 2.78. The van der Waals surface area contributed by atoms with Crippen LogP contribution in [0.15, 0.2) is 34.9 Å². The largest absolute Gasteiger partial charge is 0.361 e. The van der Waals surface area contributed by atoms with Gasteiger partial charge in [-0.25, -0.2) is 4.79 Å². The van der Waals surface area contributed by atoms with Gasteiger partial charge in [0.2, 0.25) is 0 Å². The first-order valence-corrected chi connectivity index (χ1v) is 6.37. The van der Waals surface area contributed by atoms with E-state index in [0.29, 0.717) is 23.7 Å². The quantitative estimate of drug-likeness (QED) is 0.797. The lowest BCUT2D eigenvalue weighted by Gasteiger charge is -2.10. The Labute approximate surface area is 117 Å². The van der Waals surface area contributed by atoms with E-state index < -0.39 is 0 Å². The number of carbonyl (C=O) groups excluding carboxylic acids is 1. The number of hydrogen-bond donors (Lipinski definition) is 3. The molecule has 6 heteroatoms. The van der Waals surface area contributed by atoms with Crippen molar-refractivity contribution >= 4 is 11.7 Å². The van der Waals surface area contributed by atoms with Crippen LogP contribution in [0.1, 0.15) is 30.0 Å². The second kappa shape index (κ2) is 6.21. The number of hydrogen-bond acceptors (Lipinski definition) is 4. The summed E-state index contributed by atoms with van der Waals surface area (Å²) < 4.78 is 4.92. The van der Waals surface area contributed by atoms with E-state index in [9.17, 15) is 4.79 Å².